The highest BCUT2D eigenvalue weighted by Gasteiger charge is 2.26. The van der Waals surface area contributed by atoms with Gasteiger partial charge in [0, 0.05) is 38.0 Å². The lowest BCUT2D eigenvalue weighted by Crippen LogP contribution is -2.33. The number of likely N-dealkylation sites (tertiary alicyclic amines) is 1. The fourth-order valence-electron chi connectivity index (χ4n) is 4.42. The summed E-state index contributed by atoms with van der Waals surface area (Å²) in [6.45, 7) is 3.21. The van der Waals surface area contributed by atoms with Crippen molar-refractivity contribution >= 4 is 11.9 Å². The van der Waals surface area contributed by atoms with Crippen LogP contribution in [0, 0.1) is 11.3 Å². The molecule has 1 atom stereocenters. The van der Waals surface area contributed by atoms with Crippen molar-refractivity contribution in [2.75, 3.05) is 26.7 Å². The van der Waals surface area contributed by atoms with Crippen LogP contribution in [0.15, 0.2) is 66.7 Å². The van der Waals surface area contributed by atoms with E-state index in [0.717, 1.165) is 40.8 Å². The number of carbonyl (C=O) groups excluding carboxylic acids is 2. The summed E-state index contributed by atoms with van der Waals surface area (Å²) in [6, 6.07) is 23.9. The van der Waals surface area contributed by atoms with Crippen LogP contribution < -0.4 is 5.32 Å². The number of hydrogen-bond acceptors (Lipinski definition) is 5. The summed E-state index contributed by atoms with van der Waals surface area (Å²) in [5.74, 6) is -0.247. The summed E-state index contributed by atoms with van der Waals surface area (Å²) in [7, 11) is 1.93. The number of hydrogen-bond donors (Lipinski definition) is 1. The van der Waals surface area contributed by atoms with Gasteiger partial charge in [0.2, 0.25) is 0 Å². The predicted molar refractivity (Wildman–Crippen MR) is 136 cm³/mol. The molecule has 0 aliphatic carbocycles. The first kappa shape index (κ1) is 24.2. The molecule has 1 aliphatic rings. The van der Waals surface area contributed by atoms with Crippen molar-refractivity contribution in [3.63, 3.8) is 0 Å². The molecule has 1 fully saturated rings. The van der Waals surface area contributed by atoms with E-state index in [1.165, 1.54) is 6.92 Å². The summed E-state index contributed by atoms with van der Waals surface area (Å²) in [5, 5.41) is 12.5. The molecule has 178 valence electrons. The van der Waals surface area contributed by atoms with Crippen LogP contribution in [0.25, 0.3) is 22.3 Å². The number of benzene rings is 3. The second-order valence-corrected chi connectivity index (χ2v) is 8.76. The average Bonchev–Trinajstić information content (AvgIpc) is 3.38. The summed E-state index contributed by atoms with van der Waals surface area (Å²) >= 11 is 0. The van der Waals surface area contributed by atoms with Gasteiger partial charge in [-0.2, -0.15) is 5.26 Å². The highest BCUT2D eigenvalue weighted by atomic mass is 16.5. The molecule has 3 aromatic rings. The minimum absolute atomic E-state index is 0.0324. The Labute approximate surface area is 206 Å². The first-order valence-corrected chi connectivity index (χ1v) is 11.8. The smallest absolute Gasteiger partial charge is 0.302 e. The molecule has 1 aliphatic heterocycles. The Morgan fingerprint density at radius 3 is 2.34 bits per heavy atom. The van der Waals surface area contributed by atoms with E-state index in [2.05, 4.69) is 11.4 Å². The Hall–Kier alpha value is -3.95. The molecule has 0 unspecified atom stereocenters. The number of carbonyl (C=O) groups is 2. The van der Waals surface area contributed by atoms with Gasteiger partial charge < -0.3 is 15.0 Å². The Balaban J connectivity index is 1.66. The van der Waals surface area contributed by atoms with Crippen LogP contribution in [0.2, 0.25) is 0 Å². The van der Waals surface area contributed by atoms with Crippen molar-refractivity contribution in [1.82, 2.24) is 10.2 Å². The van der Waals surface area contributed by atoms with Gasteiger partial charge in [0.1, 0.15) is 0 Å². The Kier molecular flexibility index (Phi) is 7.59. The van der Waals surface area contributed by atoms with Gasteiger partial charge in [-0.15, -0.1) is 0 Å². The molecule has 0 aromatic heterocycles. The van der Waals surface area contributed by atoms with Crippen LogP contribution >= 0.6 is 0 Å². The molecule has 0 saturated carbocycles. The van der Waals surface area contributed by atoms with Gasteiger partial charge >= 0.3 is 5.97 Å². The minimum atomic E-state index is -0.279. The van der Waals surface area contributed by atoms with Gasteiger partial charge in [-0.1, -0.05) is 42.5 Å². The van der Waals surface area contributed by atoms with E-state index in [1.807, 2.05) is 66.5 Å². The van der Waals surface area contributed by atoms with Gasteiger partial charge in [0.25, 0.3) is 5.91 Å². The molecule has 1 N–H and O–H groups in total. The van der Waals surface area contributed by atoms with Crippen LogP contribution in [-0.4, -0.2) is 49.6 Å². The quantitative estimate of drug-likeness (QED) is 0.520. The van der Waals surface area contributed by atoms with Gasteiger partial charge in [-0.3, -0.25) is 9.59 Å². The zero-order valence-corrected chi connectivity index (χ0v) is 20.1. The lowest BCUT2D eigenvalue weighted by Gasteiger charge is -2.18. The molecule has 6 heteroatoms. The third-order valence-electron chi connectivity index (χ3n) is 6.44. The van der Waals surface area contributed by atoms with Gasteiger partial charge in [0.05, 0.1) is 18.2 Å². The van der Waals surface area contributed by atoms with Crippen LogP contribution in [-0.2, 0) is 16.0 Å². The zero-order chi connectivity index (χ0) is 24.8. The van der Waals surface area contributed by atoms with Crippen LogP contribution in [0.4, 0.5) is 0 Å². The van der Waals surface area contributed by atoms with E-state index in [-0.39, 0.29) is 11.9 Å². The molecule has 3 aromatic carbocycles. The monoisotopic (exact) mass is 467 g/mol. The number of likely N-dealkylation sites (N-methyl/N-ethyl adjacent to an activating group) is 1. The molecule has 0 bridgehead atoms. The van der Waals surface area contributed by atoms with Gasteiger partial charge in [-0.25, -0.2) is 0 Å². The van der Waals surface area contributed by atoms with Crippen molar-refractivity contribution in [1.29, 1.82) is 5.26 Å². The fourth-order valence-corrected chi connectivity index (χ4v) is 4.42. The second-order valence-electron chi connectivity index (χ2n) is 8.76. The number of rotatable bonds is 7. The lowest BCUT2D eigenvalue weighted by atomic mass is 9.91. The Morgan fingerprint density at radius 1 is 1.03 bits per heavy atom. The molecule has 6 nitrogen and oxygen atoms in total. The molecular formula is C29H29N3O3. The molecule has 0 radical (unpaired) electrons. The number of ether oxygens (including phenoxy) is 1. The average molecular weight is 468 g/mol. The molecule has 1 saturated heterocycles. The highest BCUT2D eigenvalue weighted by molar-refractivity contribution is 5.98. The summed E-state index contributed by atoms with van der Waals surface area (Å²) in [4.78, 5) is 26.2. The first-order chi connectivity index (χ1) is 17.0. The van der Waals surface area contributed by atoms with Crippen molar-refractivity contribution in [2.24, 2.45) is 0 Å². The first-order valence-electron chi connectivity index (χ1n) is 11.8. The van der Waals surface area contributed by atoms with Crippen molar-refractivity contribution in [3.8, 4) is 28.3 Å². The van der Waals surface area contributed by atoms with Crippen molar-refractivity contribution in [2.45, 2.75) is 25.8 Å². The lowest BCUT2D eigenvalue weighted by molar-refractivity contribution is -0.140. The number of amides is 1. The largest absolute Gasteiger partial charge is 0.466 e. The van der Waals surface area contributed by atoms with Crippen LogP contribution in [0.1, 0.15) is 34.8 Å². The molecule has 1 heterocycles. The SMILES string of the molecule is CN[C@H]1CCN(C(=O)c2ccc(-c3ccc(CCOC(C)=O)cc3)c(-c3ccc(C#N)cc3)c2)C1. The van der Waals surface area contributed by atoms with E-state index in [4.69, 9.17) is 4.74 Å². The Bertz CT molecular complexity index is 1240. The number of nitrogens with one attached hydrogen (secondary N) is 1. The number of nitrogens with zero attached hydrogens (tertiary/aromatic N) is 2. The Morgan fingerprint density at radius 2 is 1.71 bits per heavy atom. The normalized spacial score (nSPS) is 15.0. The molecule has 0 spiro atoms. The maximum absolute atomic E-state index is 13.3. The fraction of sp³-hybridized carbons (Fsp3) is 0.276. The highest BCUT2D eigenvalue weighted by Crippen LogP contribution is 2.34. The summed E-state index contributed by atoms with van der Waals surface area (Å²) in [5.41, 5.74) is 6.25. The standard InChI is InChI=1S/C29H29N3O3/c1-20(33)35-16-14-21-3-7-23(8-4-21)27-12-11-25(29(34)32-15-13-26(19-32)31-2)17-28(27)24-9-5-22(18-30)6-10-24/h3-12,17,26,31H,13-16,19H2,1-2H3/t26-/m0/s1. The zero-order valence-electron chi connectivity index (χ0n) is 20.1. The summed E-state index contributed by atoms with van der Waals surface area (Å²) in [6.07, 6.45) is 1.60. The molecule has 4 rings (SSSR count). The van der Waals surface area contributed by atoms with E-state index in [9.17, 15) is 14.9 Å². The third-order valence-corrected chi connectivity index (χ3v) is 6.44. The third kappa shape index (κ3) is 5.76. The van der Waals surface area contributed by atoms with Crippen molar-refractivity contribution < 1.29 is 14.3 Å². The summed E-state index contributed by atoms with van der Waals surface area (Å²) < 4.78 is 5.05. The topological polar surface area (TPSA) is 82.4 Å². The number of esters is 1. The maximum Gasteiger partial charge on any atom is 0.302 e. The second kappa shape index (κ2) is 11.0. The van der Waals surface area contributed by atoms with E-state index >= 15 is 0 Å². The number of nitriles is 1. The van der Waals surface area contributed by atoms with Gasteiger partial charge in [-0.05, 0) is 65.6 Å². The van der Waals surface area contributed by atoms with Crippen molar-refractivity contribution in [3.05, 3.63) is 83.4 Å². The predicted octanol–water partition coefficient (Wildman–Crippen LogP) is 4.43. The van der Waals surface area contributed by atoms with Crippen LogP contribution in [0.3, 0.4) is 0 Å². The minimum Gasteiger partial charge on any atom is -0.466 e. The van der Waals surface area contributed by atoms with E-state index < -0.39 is 0 Å². The molecule has 35 heavy (non-hydrogen) atoms. The molecular weight excluding hydrogens is 438 g/mol. The maximum atomic E-state index is 13.3. The molecule has 1 amide bonds. The van der Waals surface area contributed by atoms with E-state index in [0.29, 0.717) is 36.7 Å². The van der Waals surface area contributed by atoms with Gasteiger partial charge in [0.15, 0.2) is 0 Å². The van der Waals surface area contributed by atoms with E-state index in [1.54, 1.807) is 12.1 Å². The van der Waals surface area contributed by atoms with Crippen LogP contribution in [0.5, 0.6) is 0 Å².